The second-order valence-corrected chi connectivity index (χ2v) is 8.47. The average Bonchev–Trinajstić information content (AvgIpc) is 2.80. The predicted molar refractivity (Wildman–Crippen MR) is 97.7 cm³/mol. The van der Waals surface area contributed by atoms with Gasteiger partial charge < -0.3 is 4.90 Å². The van der Waals surface area contributed by atoms with E-state index in [0.717, 1.165) is 11.6 Å². The zero-order chi connectivity index (χ0) is 18.4. The van der Waals surface area contributed by atoms with Crippen molar-refractivity contribution in [3.63, 3.8) is 0 Å². The van der Waals surface area contributed by atoms with Crippen molar-refractivity contribution in [3.05, 3.63) is 52.3 Å². The van der Waals surface area contributed by atoms with Crippen LogP contribution in [0.2, 0.25) is 0 Å². The second-order valence-electron chi connectivity index (χ2n) is 5.97. The molecule has 0 unspecified atom stereocenters. The van der Waals surface area contributed by atoms with Crippen molar-refractivity contribution in [1.82, 2.24) is 0 Å². The zero-order valence-electron chi connectivity index (χ0n) is 13.6. The van der Waals surface area contributed by atoms with Crippen LogP contribution in [0.15, 0.2) is 45.8 Å². The van der Waals surface area contributed by atoms with Gasteiger partial charge in [-0.25, -0.2) is 12.8 Å². The predicted octanol–water partition coefficient (Wildman–Crippen LogP) is 3.69. The smallest absolute Gasteiger partial charge is 0.263 e. The van der Waals surface area contributed by atoms with Crippen LogP contribution >= 0.6 is 15.9 Å². The van der Waals surface area contributed by atoms with E-state index in [1.807, 2.05) is 6.92 Å². The highest BCUT2D eigenvalue weighted by Gasteiger charge is 2.32. The lowest BCUT2D eigenvalue weighted by molar-refractivity contribution is -0.116. The lowest BCUT2D eigenvalue weighted by Crippen LogP contribution is -2.33. The highest BCUT2D eigenvalue weighted by atomic mass is 79.9. The van der Waals surface area contributed by atoms with E-state index in [0.29, 0.717) is 16.6 Å². The van der Waals surface area contributed by atoms with Gasteiger partial charge >= 0.3 is 0 Å². The van der Waals surface area contributed by atoms with Gasteiger partial charge in [-0.15, -0.1) is 0 Å². The van der Waals surface area contributed by atoms with Gasteiger partial charge in [-0.3, -0.25) is 9.52 Å². The Morgan fingerprint density at radius 3 is 2.68 bits per heavy atom. The maximum Gasteiger partial charge on any atom is 0.263 e. The van der Waals surface area contributed by atoms with Crippen LogP contribution in [0.4, 0.5) is 15.8 Å². The number of halogens is 2. The van der Waals surface area contributed by atoms with Crippen molar-refractivity contribution in [3.8, 4) is 0 Å². The van der Waals surface area contributed by atoms with Gasteiger partial charge in [0.15, 0.2) is 0 Å². The summed E-state index contributed by atoms with van der Waals surface area (Å²) in [6, 6.07) is 8.38. The van der Waals surface area contributed by atoms with E-state index in [-0.39, 0.29) is 22.5 Å². The van der Waals surface area contributed by atoms with Crippen molar-refractivity contribution in [2.75, 3.05) is 9.62 Å². The lowest BCUT2D eigenvalue weighted by Gasteiger charge is -2.21. The fraction of sp³-hybridized carbons (Fsp3) is 0.235. The van der Waals surface area contributed by atoms with Crippen molar-refractivity contribution < 1.29 is 17.6 Å². The molecule has 0 aliphatic carbocycles. The molecule has 0 saturated heterocycles. The molecule has 1 atom stereocenters. The third-order valence-electron chi connectivity index (χ3n) is 4.05. The van der Waals surface area contributed by atoms with E-state index in [4.69, 9.17) is 0 Å². The molecule has 1 amide bonds. The first-order valence-corrected chi connectivity index (χ1v) is 9.87. The van der Waals surface area contributed by atoms with Gasteiger partial charge in [0.05, 0.1) is 5.69 Å². The zero-order valence-corrected chi connectivity index (χ0v) is 16.0. The Labute approximate surface area is 154 Å². The minimum absolute atomic E-state index is 0.00383. The molecular formula is C17H16BrFN2O3S. The lowest BCUT2D eigenvalue weighted by atomic mass is 10.1. The van der Waals surface area contributed by atoms with Gasteiger partial charge in [-0.05, 0) is 65.2 Å². The summed E-state index contributed by atoms with van der Waals surface area (Å²) >= 11 is 3.29. The molecule has 132 valence electrons. The Morgan fingerprint density at radius 1 is 1.32 bits per heavy atom. The fourth-order valence-corrected chi connectivity index (χ4v) is 5.23. The van der Waals surface area contributed by atoms with Gasteiger partial charge in [0.25, 0.3) is 10.0 Å². The topological polar surface area (TPSA) is 66.5 Å². The first-order chi connectivity index (χ1) is 11.7. The number of amides is 1. The number of hydrogen-bond donors (Lipinski definition) is 1. The van der Waals surface area contributed by atoms with Gasteiger partial charge in [-0.2, -0.15) is 0 Å². The SMILES string of the molecule is CC(=O)N1c2cc(S(=O)(=O)Nc3cccc(F)c3)c(Br)cc2C[C@@H]1C. The molecule has 8 heteroatoms. The van der Waals surface area contributed by atoms with E-state index >= 15 is 0 Å². The van der Waals surface area contributed by atoms with E-state index in [2.05, 4.69) is 20.7 Å². The van der Waals surface area contributed by atoms with Crippen molar-refractivity contribution in [2.24, 2.45) is 0 Å². The summed E-state index contributed by atoms with van der Waals surface area (Å²) in [5.41, 5.74) is 1.62. The van der Waals surface area contributed by atoms with E-state index < -0.39 is 15.8 Å². The molecule has 0 saturated carbocycles. The summed E-state index contributed by atoms with van der Waals surface area (Å²) in [5, 5.41) is 0. The maximum absolute atomic E-state index is 13.3. The summed E-state index contributed by atoms with van der Waals surface area (Å²) in [4.78, 5) is 13.5. The standard InChI is InChI=1S/C17H16BrFN2O3S/c1-10-6-12-7-15(18)17(9-16(12)21(10)11(2)22)25(23,24)20-14-5-3-4-13(19)8-14/h3-5,7-10,20H,6H2,1-2H3/t10-/m0/s1. The summed E-state index contributed by atoms with van der Waals surface area (Å²) in [5.74, 6) is -0.681. The highest BCUT2D eigenvalue weighted by molar-refractivity contribution is 9.10. The van der Waals surface area contributed by atoms with Crippen molar-refractivity contribution >= 4 is 43.2 Å². The number of sulfonamides is 1. The molecule has 1 heterocycles. The van der Waals surface area contributed by atoms with E-state index in [1.165, 1.54) is 31.2 Å². The van der Waals surface area contributed by atoms with Crippen molar-refractivity contribution in [2.45, 2.75) is 31.2 Å². The molecule has 0 spiro atoms. The second kappa shape index (κ2) is 6.42. The summed E-state index contributed by atoms with van der Waals surface area (Å²) in [6.07, 6.45) is 0.658. The number of hydrogen-bond acceptors (Lipinski definition) is 3. The summed E-state index contributed by atoms with van der Waals surface area (Å²) in [6.45, 7) is 3.36. The normalized spacial score (nSPS) is 16.6. The number of carbonyl (C=O) groups excluding carboxylic acids is 1. The molecule has 5 nitrogen and oxygen atoms in total. The quantitative estimate of drug-likeness (QED) is 0.813. The number of benzene rings is 2. The molecular weight excluding hydrogens is 411 g/mol. The molecule has 0 aromatic heterocycles. The largest absolute Gasteiger partial charge is 0.309 e. The first kappa shape index (κ1) is 17.9. The Balaban J connectivity index is 2.04. The molecule has 3 rings (SSSR count). The minimum atomic E-state index is -3.95. The minimum Gasteiger partial charge on any atom is -0.309 e. The number of carbonyl (C=O) groups is 1. The van der Waals surface area contributed by atoms with E-state index in [9.17, 15) is 17.6 Å². The molecule has 1 N–H and O–H groups in total. The molecule has 2 aromatic carbocycles. The molecule has 0 fully saturated rings. The first-order valence-electron chi connectivity index (χ1n) is 7.59. The monoisotopic (exact) mass is 426 g/mol. The van der Waals surface area contributed by atoms with Crippen LogP contribution in [0.25, 0.3) is 0 Å². The number of rotatable bonds is 3. The maximum atomic E-state index is 13.3. The van der Waals surface area contributed by atoms with Crippen molar-refractivity contribution in [1.29, 1.82) is 0 Å². The third kappa shape index (κ3) is 3.41. The van der Waals surface area contributed by atoms with Crippen LogP contribution in [0.3, 0.4) is 0 Å². The van der Waals surface area contributed by atoms with Gasteiger partial charge in [-0.1, -0.05) is 6.07 Å². The molecule has 1 aliphatic heterocycles. The molecule has 2 aromatic rings. The van der Waals surface area contributed by atoms with Crippen LogP contribution in [0, 0.1) is 5.82 Å². The number of fused-ring (bicyclic) bond motifs is 1. The van der Waals surface area contributed by atoms with Crippen LogP contribution in [0.1, 0.15) is 19.4 Å². The summed E-state index contributed by atoms with van der Waals surface area (Å²) in [7, 11) is -3.95. The average molecular weight is 427 g/mol. The van der Waals surface area contributed by atoms with E-state index in [1.54, 1.807) is 11.0 Å². The van der Waals surface area contributed by atoms with Crippen LogP contribution in [-0.4, -0.2) is 20.4 Å². The van der Waals surface area contributed by atoms with Crippen LogP contribution < -0.4 is 9.62 Å². The molecule has 0 bridgehead atoms. The van der Waals surface area contributed by atoms with Gasteiger partial charge in [0.1, 0.15) is 10.7 Å². The number of nitrogens with one attached hydrogen (secondary N) is 1. The van der Waals surface area contributed by atoms with Crippen LogP contribution in [0.5, 0.6) is 0 Å². The van der Waals surface area contributed by atoms with Gasteiger partial charge in [0, 0.05) is 23.1 Å². The Bertz CT molecular complexity index is 962. The Kier molecular flexibility index (Phi) is 4.59. The fourth-order valence-electron chi connectivity index (χ4n) is 3.07. The number of anilines is 2. The Hall–Kier alpha value is -1.93. The molecule has 1 aliphatic rings. The van der Waals surface area contributed by atoms with Crippen LogP contribution in [-0.2, 0) is 21.2 Å². The molecule has 0 radical (unpaired) electrons. The van der Waals surface area contributed by atoms with Gasteiger partial charge in [0.2, 0.25) is 5.91 Å². The number of nitrogens with zero attached hydrogens (tertiary/aromatic N) is 1. The Morgan fingerprint density at radius 2 is 2.04 bits per heavy atom. The highest BCUT2D eigenvalue weighted by Crippen LogP contribution is 2.38. The summed E-state index contributed by atoms with van der Waals surface area (Å²) < 4.78 is 41.5. The third-order valence-corrected chi connectivity index (χ3v) is 6.39. The molecule has 25 heavy (non-hydrogen) atoms.